The Morgan fingerprint density at radius 2 is 1.95 bits per heavy atom. The largest absolute Gasteiger partial charge is 0.440 e. The summed E-state index contributed by atoms with van der Waals surface area (Å²) in [4.78, 5) is 50.1. The Hall–Kier alpha value is -3.46. The van der Waals surface area contributed by atoms with Gasteiger partial charge in [-0.15, -0.1) is 0 Å². The third kappa shape index (κ3) is 7.18. The van der Waals surface area contributed by atoms with Crippen LogP contribution in [-0.2, 0) is 24.5 Å². The zero-order valence-electron chi connectivity index (χ0n) is 22.5. The summed E-state index contributed by atoms with van der Waals surface area (Å²) in [6.07, 6.45) is 3.12. The number of ether oxygens (including phenoxy) is 1. The van der Waals surface area contributed by atoms with Crippen molar-refractivity contribution in [2.45, 2.75) is 75.5 Å². The first-order chi connectivity index (χ1) is 19.3. The van der Waals surface area contributed by atoms with E-state index in [9.17, 15) is 23.6 Å². The highest BCUT2D eigenvalue weighted by Gasteiger charge is 2.53. The van der Waals surface area contributed by atoms with E-state index in [2.05, 4.69) is 16.0 Å². The van der Waals surface area contributed by atoms with Gasteiger partial charge in [-0.1, -0.05) is 55.6 Å². The number of hydrogen-bond acceptors (Lipinski definition) is 5. The van der Waals surface area contributed by atoms with E-state index < -0.39 is 41.4 Å². The minimum atomic E-state index is -0.942. The number of rotatable bonds is 13. The van der Waals surface area contributed by atoms with E-state index in [1.54, 1.807) is 18.2 Å². The number of carbonyl (C=O) groups is 4. The van der Waals surface area contributed by atoms with Gasteiger partial charge in [-0.3, -0.25) is 9.59 Å². The lowest BCUT2D eigenvalue weighted by Gasteiger charge is -2.29. The molecule has 0 aromatic heterocycles. The molecule has 1 saturated heterocycles. The highest BCUT2D eigenvalue weighted by molar-refractivity contribution is 6.30. The average Bonchev–Trinajstić information content (AvgIpc) is 3.65. The molecule has 10 heteroatoms. The molecule has 0 spiro atoms. The number of benzene rings is 2. The molecule has 1 heterocycles. The molecule has 2 aromatic carbocycles. The summed E-state index contributed by atoms with van der Waals surface area (Å²) in [5.41, 5.74) is 0.998. The van der Waals surface area contributed by atoms with Crippen LogP contribution < -0.4 is 16.0 Å². The number of alkyl carbamates (subject to hydrolysis) is 1. The van der Waals surface area contributed by atoms with Crippen LogP contribution in [0.5, 0.6) is 0 Å². The maximum Gasteiger partial charge on any atom is 0.408 e. The van der Waals surface area contributed by atoms with Gasteiger partial charge in [0.25, 0.3) is 0 Å². The molecule has 8 nitrogen and oxygen atoms in total. The van der Waals surface area contributed by atoms with Gasteiger partial charge in [0.05, 0.1) is 6.04 Å². The molecule has 2 fully saturated rings. The normalized spacial score (nSPS) is 19.6. The van der Waals surface area contributed by atoms with Crippen LogP contribution in [0.3, 0.4) is 0 Å². The number of halogens is 2. The third-order valence-electron chi connectivity index (χ3n) is 7.74. The van der Waals surface area contributed by atoms with Crippen LogP contribution in [0.2, 0.25) is 5.02 Å². The molecular weight excluding hydrogens is 537 g/mol. The zero-order chi connectivity index (χ0) is 28.7. The van der Waals surface area contributed by atoms with Crippen LogP contribution in [-0.4, -0.2) is 42.8 Å². The van der Waals surface area contributed by atoms with E-state index in [4.69, 9.17) is 16.3 Å². The van der Waals surface area contributed by atoms with Crippen molar-refractivity contribution in [3.05, 3.63) is 70.5 Å². The van der Waals surface area contributed by atoms with Gasteiger partial charge in [-0.05, 0) is 67.5 Å². The van der Waals surface area contributed by atoms with Crippen LogP contribution in [0.1, 0.15) is 69.1 Å². The molecule has 3 N–H and O–H groups in total. The Morgan fingerprint density at radius 3 is 2.55 bits per heavy atom. The molecule has 0 radical (unpaired) electrons. The number of amides is 3. The fourth-order valence-corrected chi connectivity index (χ4v) is 5.53. The summed E-state index contributed by atoms with van der Waals surface area (Å²) in [5.74, 6) is -1.41. The second-order valence-electron chi connectivity index (χ2n) is 10.6. The van der Waals surface area contributed by atoms with Gasteiger partial charge in [0, 0.05) is 22.9 Å². The summed E-state index contributed by atoms with van der Waals surface area (Å²) in [5, 5.41) is 8.65. The van der Waals surface area contributed by atoms with E-state index >= 15 is 0 Å². The smallest absolute Gasteiger partial charge is 0.408 e. The van der Waals surface area contributed by atoms with Crippen LogP contribution >= 0.6 is 11.6 Å². The maximum atomic E-state index is 13.7. The number of aldehydes is 1. The summed E-state index contributed by atoms with van der Waals surface area (Å²) < 4.78 is 19.7. The van der Waals surface area contributed by atoms with Gasteiger partial charge < -0.3 is 25.5 Å². The van der Waals surface area contributed by atoms with E-state index in [1.807, 2.05) is 25.1 Å². The van der Waals surface area contributed by atoms with Crippen LogP contribution in [0.25, 0.3) is 0 Å². The van der Waals surface area contributed by atoms with Crippen molar-refractivity contribution in [2.75, 3.05) is 6.54 Å². The molecule has 40 heavy (non-hydrogen) atoms. The van der Waals surface area contributed by atoms with E-state index in [1.165, 1.54) is 12.1 Å². The third-order valence-corrected chi connectivity index (χ3v) is 7.97. The van der Waals surface area contributed by atoms with Crippen LogP contribution in [0, 0.1) is 11.7 Å². The van der Waals surface area contributed by atoms with E-state index in [0.717, 1.165) is 24.8 Å². The molecule has 2 aliphatic rings. The van der Waals surface area contributed by atoms with Gasteiger partial charge >= 0.3 is 6.09 Å². The van der Waals surface area contributed by atoms with Crippen LogP contribution in [0.4, 0.5) is 9.18 Å². The topological polar surface area (TPSA) is 114 Å². The minimum absolute atomic E-state index is 0.133. The molecule has 3 amide bonds. The standard InChI is InChI=1S/C30H35ClFN3O5/c1-2-3-7-25(28(38)34-24(18-36)16-20-12-15-33-27(20)37)35-29(39)40-26(19-8-10-23(32)11-9-19)30(13-14-30)21-5-4-6-22(31)17-21/h4-6,8-11,17-18,20,24-26H,2-3,7,12-16H2,1H3,(H,33,37)(H,34,38)(H,35,39)/t20-,24-,25-,26?/m0/s1. The van der Waals surface area contributed by atoms with Gasteiger partial charge in [0.15, 0.2) is 0 Å². The van der Waals surface area contributed by atoms with E-state index in [0.29, 0.717) is 42.7 Å². The molecule has 1 aliphatic carbocycles. The fraction of sp³-hybridized carbons (Fsp3) is 0.467. The first-order valence-electron chi connectivity index (χ1n) is 13.8. The number of hydrogen-bond donors (Lipinski definition) is 3. The second kappa shape index (κ2) is 13.3. The van der Waals surface area contributed by atoms with Crippen LogP contribution in [0.15, 0.2) is 48.5 Å². The molecular formula is C30H35ClFN3O5. The summed E-state index contributed by atoms with van der Waals surface area (Å²) in [7, 11) is 0. The zero-order valence-corrected chi connectivity index (χ0v) is 23.2. The lowest BCUT2D eigenvalue weighted by atomic mass is 9.86. The van der Waals surface area contributed by atoms with Crippen molar-refractivity contribution in [2.24, 2.45) is 5.92 Å². The van der Waals surface area contributed by atoms with Crippen molar-refractivity contribution in [3.8, 4) is 0 Å². The summed E-state index contributed by atoms with van der Waals surface area (Å²) in [6.45, 7) is 2.51. The predicted molar refractivity (Wildman–Crippen MR) is 148 cm³/mol. The van der Waals surface area contributed by atoms with Crippen molar-refractivity contribution < 1.29 is 28.3 Å². The number of carbonyl (C=O) groups excluding carboxylic acids is 4. The Morgan fingerprint density at radius 1 is 1.20 bits per heavy atom. The van der Waals surface area contributed by atoms with Crippen molar-refractivity contribution in [1.29, 1.82) is 0 Å². The monoisotopic (exact) mass is 571 g/mol. The number of nitrogens with one attached hydrogen (secondary N) is 3. The first kappa shape index (κ1) is 29.5. The maximum absolute atomic E-state index is 13.7. The second-order valence-corrected chi connectivity index (χ2v) is 11.0. The fourth-order valence-electron chi connectivity index (χ4n) is 5.34. The lowest BCUT2D eigenvalue weighted by Crippen LogP contribution is -2.51. The average molecular weight is 572 g/mol. The van der Waals surface area contributed by atoms with Crippen molar-refractivity contribution in [3.63, 3.8) is 0 Å². The highest BCUT2D eigenvalue weighted by atomic mass is 35.5. The minimum Gasteiger partial charge on any atom is -0.440 e. The molecule has 2 aromatic rings. The van der Waals surface area contributed by atoms with E-state index in [-0.39, 0.29) is 18.2 Å². The SMILES string of the molecule is CCCC[C@H](NC(=O)OC(c1ccc(F)cc1)C1(c2cccc(Cl)c2)CC1)C(=O)N[C@H](C=O)C[C@@H]1CCNC1=O. The summed E-state index contributed by atoms with van der Waals surface area (Å²) in [6, 6.07) is 11.4. The molecule has 0 bridgehead atoms. The Balaban J connectivity index is 1.49. The molecule has 1 saturated carbocycles. The van der Waals surface area contributed by atoms with Gasteiger partial charge in [0.1, 0.15) is 24.2 Å². The van der Waals surface area contributed by atoms with Gasteiger partial charge in [-0.25, -0.2) is 9.18 Å². The molecule has 1 aliphatic heterocycles. The molecule has 1 unspecified atom stereocenters. The van der Waals surface area contributed by atoms with Crippen molar-refractivity contribution in [1.82, 2.24) is 16.0 Å². The Kier molecular flexibility index (Phi) is 9.79. The first-order valence-corrected chi connectivity index (χ1v) is 14.2. The molecule has 214 valence electrons. The lowest BCUT2D eigenvalue weighted by molar-refractivity contribution is -0.127. The van der Waals surface area contributed by atoms with Gasteiger partial charge in [-0.2, -0.15) is 0 Å². The quantitative estimate of drug-likeness (QED) is 0.300. The highest BCUT2D eigenvalue weighted by Crippen LogP contribution is 2.58. The van der Waals surface area contributed by atoms with Gasteiger partial charge in [0.2, 0.25) is 11.8 Å². The molecule has 4 rings (SSSR count). The summed E-state index contributed by atoms with van der Waals surface area (Å²) >= 11 is 6.26. The molecule has 4 atom stereocenters. The van der Waals surface area contributed by atoms with Crippen molar-refractivity contribution >= 4 is 35.8 Å². The Labute approximate surface area is 238 Å². The predicted octanol–water partition coefficient (Wildman–Crippen LogP) is 4.75. The number of unbranched alkanes of at least 4 members (excludes halogenated alkanes) is 1. The Bertz CT molecular complexity index is 1220.